The Labute approximate surface area is 179 Å². The van der Waals surface area contributed by atoms with Crippen LogP contribution in [0.1, 0.15) is 46.9 Å². The smallest absolute Gasteiger partial charge is 0.329 e. The number of fused-ring (bicyclic) bond motifs is 1. The molecule has 1 aliphatic heterocycles. The third-order valence-electron chi connectivity index (χ3n) is 5.05. The molecular formula is C24H22N2O5. The number of esters is 1. The van der Waals surface area contributed by atoms with Gasteiger partial charge in [0.25, 0.3) is 11.8 Å². The van der Waals surface area contributed by atoms with Gasteiger partial charge in [0.15, 0.2) is 12.4 Å². The van der Waals surface area contributed by atoms with Gasteiger partial charge in [-0.1, -0.05) is 56.3 Å². The fourth-order valence-corrected chi connectivity index (χ4v) is 3.59. The van der Waals surface area contributed by atoms with Crippen LogP contribution in [0, 0.1) is 5.92 Å². The van der Waals surface area contributed by atoms with E-state index < -0.39 is 23.8 Å². The van der Waals surface area contributed by atoms with E-state index in [-0.39, 0.29) is 18.4 Å². The second kappa shape index (κ2) is 8.55. The molecule has 0 fully saturated rings. The van der Waals surface area contributed by atoms with Crippen molar-refractivity contribution >= 4 is 17.8 Å². The van der Waals surface area contributed by atoms with E-state index >= 15 is 0 Å². The van der Waals surface area contributed by atoms with Crippen molar-refractivity contribution < 1.29 is 23.5 Å². The highest BCUT2D eigenvalue weighted by molar-refractivity contribution is 6.22. The SMILES string of the molecule is CC(C)C[C@@H](C(=O)OCc1ncc(-c2ccccc2)o1)N1C(=O)c2ccccc2C1=O. The van der Waals surface area contributed by atoms with Crippen molar-refractivity contribution in [3.8, 4) is 11.3 Å². The maximum Gasteiger partial charge on any atom is 0.329 e. The third-order valence-corrected chi connectivity index (χ3v) is 5.05. The van der Waals surface area contributed by atoms with Crippen LogP contribution in [0.5, 0.6) is 0 Å². The minimum atomic E-state index is -1.02. The van der Waals surface area contributed by atoms with Gasteiger partial charge in [-0.2, -0.15) is 0 Å². The molecule has 3 aromatic rings. The zero-order valence-corrected chi connectivity index (χ0v) is 17.3. The molecule has 0 saturated heterocycles. The van der Waals surface area contributed by atoms with Gasteiger partial charge >= 0.3 is 5.97 Å². The molecule has 0 unspecified atom stereocenters. The Kier molecular flexibility index (Phi) is 5.66. The summed E-state index contributed by atoms with van der Waals surface area (Å²) in [6, 6.07) is 15.0. The summed E-state index contributed by atoms with van der Waals surface area (Å²) in [4.78, 5) is 43.8. The first-order chi connectivity index (χ1) is 15.0. The molecule has 2 heterocycles. The summed E-state index contributed by atoms with van der Waals surface area (Å²) in [5.74, 6) is -0.768. The van der Waals surface area contributed by atoms with Gasteiger partial charge in [0.05, 0.1) is 17.3 Å². The van der Waals surface area contributed by atoms with Gasteiger partial charge in [-0.3, -0.25) is 14.5 Å². The largest absolute Gasteiger partial charge is 0.454 e. The first-order valence-electron chi connectivity index (χ1n) is 10.1. The van der Waals surface area contributed by atoms with Gasteiger partial charge in [-0.05, 0) is 24.5 Å². The lowest BCUT2D eigenvalue weighted by atomic mass is 10.0. The average Bonchev–Trinajstić information content (AvgIpc) is 3.35. The molecule has 7 heteroatoms. The Hall–Kier alpha value is -3.74. The van der Waals surface area contributed by atoms with Gasteiger partial charge in [-0.15, -0.1) is 0 Å². The van der Waals surface area contributed by atoms with Crippen molar-refractivity contribution in [3.63, 3.8) is 0 Å². The summed E-state index contributed by atoms with van der Waals surface area (Å²) < 4.78 is 11.1. The number of hydrogen-bond acceptors (Lipinski definition) is 6. The third kappa shape index (κ3) is 4.12. The maximum atomic E-state index is 12.9. The van der Waals surface area contributed by atoms with E-state index in [1.165, 1.54) is 0 Å². The lowest BCUT2D eigenvalue weighted by molar-refractivity contribution is -0.151. The van der Waals surface area contributed by atoms with Crippen LogP contribution in [0.15, 0.2) is 65.2 Å². The van der Waals surface area contributed by atoms with Crippen LogP contribution in [0.25, 0.3) is 11.3 Å². The minimum absolute atomic E-state index is 0.0632. The topological polar surface area (TPSA) is 89.7 Å². The lowest BCUT2D eigenvalue weighted by Crippen LogP contribution is -2.46. The second-order valence-corrected chi connectivity index (χ2v) is 7.76. The normalized spacial score (nSPS) is 14.1. The number of carbonyl (C=O) groups is 3. The Morgan fingerprint density at radius 3 is 2.23 bits per heavy atom. The van der Waals surface area contributed by atoms with Crippen molar-refractivity contribution in [2.45, 2.75) is 32.9 Å². The predicted octanol–water partition coefficient (Wildman–Crippen LogP) is 4.10. The fourth-order valence-electron chi connectivity index (χ4n) is 3.59. The number of imide groups is 1. The van der Waals surface area contributed by atoms with Gasteiger partial charge in [0.1, 0.15) is 6.04 Å². The number of nitrogens with zero attached hydrogens (tertiary/aromatic N) is 2. The Morgan fingerprint density at radius 1 is 1.00 bits per heavy atom. The Bertz CT molecular complexity index is 1080. The Morgan fingerprint density at radius 2 is 1.61 bits per heavy atom. The number of aromatic nitrogens is 1. The highest BCUT2D eigenvalue weighted by Crippen LogP contribution is 2.28. The molecule has 4 rings (SSSR count). The summed E-state index contributed by atoms with van der Waals surface area (Å²) in [5, 5.41) is 0. The molecule has 31 heavy (non-hydrogen) atoms. The number of ether oxygens (including phenoxy) is 1. The molecule has 0 spiro atoms. The summed E-state index contributed by atoms with van der Waals surface area (Å²) in [6.07, 6.45) is 1.86. The van der Waals surface area contributed by atoms with Gasteiger partial charge in [-0.25, -0.2) is 9.78 Å². The molecule has 2 aromatic carbocycles. The van der Waals surface area contributed by atoms with E-state index in [9.17, 15) is 14.4 Å². The van der Waals surface area contributed by atoms with Crippen molar-refractivity contribution in [2.24, 2.45) is 5.92 Å². The van der Waals surface area contributed by atoms with Gasteiger partial charge in [0, 0.05) is 5.56 Å². The number of carbonyl (C=O) groups excluding carboxylic acids is 3. The summed E-state index contributed by atoms with van der Waals surface area (Å²) >= 11 is 0. The van der Waals surface area contributed by atoms with Crippen LogP contribution in [-0.2, 0) is 16.1 Å². The first kappa shape index (κ1) is 20.5. The lowest BCUT2D eigenvalue weighted by Gasteiger charge is -2.25. The molecular weight excluding hydrogens is 396 g/mol. The number of rotatable bonds is 7. The predicted molar refractivity (Wildman–Crippen MR) is 112 cm³/mol. The zero-order valence-electron chi connectivity index (χ0n) is 17.3. The highest BCUT2D eigenvalue weighted by atomic mass is 16.5. The van der Waals surface area contributed by atoms with Gasteiger partial charge in [0.2, 0.25) is 5.89 Å². The molecule has 0 saturated carbocycles. The number of benzene rings is 2. The van der Waals surface area contributed by atoms with Crippen molar-refractivity contribution in [3.05, 3.63) is 77.8 Å². The average molecular weight is 418 g/mol. The second-order valence-electron chi connectivity index (χ2n) is 7.76. The number of oxazole rings is 1. The molecule has 1 atom stereocenters. The number of amides is 2. The van der Waals surface area contributed by atoms with Crippen LogP contribution < -0.4 is 0 Å². The molecule has 0 N–H and O–H groups in total. The summed E-state index contributed by atoms with van der Waals surface area (Å²) in [6.45, 7) is 3.64. The summed E-state index contributed by atoms with van der Waals surface area (Å²) in [5.41, 5.74) is 1.46. The van der Waals surface area contributed by atoms with Crippen LogP contribution in [-0.4, -0.2) is 33.7 Å². The van der Waals surface area contributed by atoms with Crippen LogP contribution >= 0.6 is 0 Å². The fraction of sp³-hybridized carbons (Fsp3) is 0.250. The van der Waals surface area contributed by atoms with Crippen molar-refractivity contribution in [1.29, 1.82) is 0 Å². The molecule has 0 bridgehead atoms. The van der Waals surface area contributed by atoms with E-state index in [1.807, 2.05) is 44.2 Å². The standard InChI is InChI=1S/C24H22N2O5/c1-15(2)12-19(26-22(27)17-10-6-7-11-18(17)23(26)28)24(29)30-14-21-25-13-20(31-21)16-8-4-3-5-9-16/h3-11,13,15,19H,12,14H2,1-2H3/t19-/m0/s1. The van der Waals surface area contributed by atoms with Crippen molar-refractivity contribution in [1.82, 2.24) is 9.88 Å². The minimum Gasteiger partial charge on any atom is -0.454 e. The van der Waals surface area contributed by atoms with Crippen LogP contribution in [0.4, 0.5) is 0 Å². The molecule has 1 aromatic heterocycles. The highest BCUT2D eigenvalue weighted by Gasteiger charge is 2.43. The van der Waals surface area contributed by atoms with E-state index in [0.717, 1.165) is 10.5 Å². The van der Waals surface area contributed by atoms with E-state index in [2.05, 4.69) is 4.98 Å². The number of hydrogen-bond donors (Lipinski definition) is 0. The van der Waals surface area contributed by atoms with Crippen molar-refractivity contribution in [2.75, 3.05) is 0 Å². The van der Waals surface area contributed by atoms with Crippen LogP contribution in [0.3, 0.4) is 0 Å². The Balaban J connectivity index is 1.49. The monoisotopic (exact) mass is 418 g/mol. The van der Waals surface area contributed by atoms with E-state index in [4.69, 9.17) is 9.15 Å². The maximum absolute atomic E-state index is 12.9. The van der Waals surface area contributed by atoms with Crippen LogP contribution in [0.2, 0.25) is 0 Å². The van der Waals surface area contributed by atoms with E-state index in [0.29, 0.717) is 23.3 Å². The summed E-state index contributed by atoms with van der Waals surface area (Å²) in [7, 11) is 0. The molecule has 0 radical (unpaired) electrons. The molecule has 158 valence electrons. The molecule has 7 nitrogen and oxygen atoms in total. The molecule has 1 aliphatic rings. The van der Waals surface area contributed by atoms with Gasteiger partial charge < -0.3 is 9.15 Å². The first-order valence-corrected chi connectivity index (χ1v) is 10.1. The molecule has 0 aliphatic carbocycles. The zero-order chi connectivity index (χ0) is 22.0. The molecule has 2 amide bonds. The van der Waals surface area contributed by atoms with E-state index in [1.54, 1.807) is 30.5 Å². The quantitative estimate of drug-likeness (QED) is 0.424.